The van der Waals surface area contributed by atoms with Gasteiger partial charge in [0.25, 0.3) is 0 Å². The lowest BCUT2D eigenvalue weighted by Gasteiger charge is -2.13. The second-order valence-corrected chi connectivity index (χ2v) is 5.36. The standard InChI is InChI=1S/C16H32O/c1-4-6-8-10-12-14-16(15(3)17)13-11-9-7-5-2/h16H,4-14H2,1-3H3. The minimum absolute atomic E-state index is 0.355. The summed E-state index contributed by atoms with van der Waals surface area (Å²) in [6.45, 7) is 6.25. The number of unbranched alkanes of at least 4 members (excludes halogenated alkanes) is 7. The van der Waals surface area contributed by atoms with E-state index in [-0.39, 0.29) is 0 Å². The van der Waals surface area contributed by atoms with E-state index in [1.807, 2.05) is 0 Å². The lowest BCUT2D eigenvalue weighted by atomic mass is 9.91. The fraction of sp³-hybridized carbons (Fsp3) is 0.938. The van der Waals surface area contributed by atoms with Gasteiger partial charge in [0.1, 0.15) is 5.78 Å². The van der Waals surface area contributed by atoms with Gasteiger partial charge in [-0.05, 0) is 19.8 Å². The van der Waals surface area contributed by atoms with Gasteiger partial charge in [-0.25, -0.2) is 0 Å². The molecule has 0 aliphatic carbocycles. The van der Waals surface area contributed by atoms with Crippen LogP contribution in [0.15, 0.2) is 0 Å². The van der Waals surface area contributed by atoms with Gasteiger partial charge in [-0.15, -0.1) is 0 Å². The minimum Gasteiger partial charge on any atom is -0.300 e. The highest BCUT2D eigenvalue weighted by atomic mass is 16.1. The third-order valence-electron chi connectivity index (χ3n) is 3.64. The van der Waals surface area contributed by atoms with Gasteiger partial charge >= 0.3 is 0 Å². The zero-order chi connectivity index (χ0) is 12.9. The summed E-state index contributed by atoms with van der Waals surface area (Å²) in [4.78, 5) is 11.5. The van der Waals surface area contributed by atoms with E-state index >= 15 is 0 Å². The molecule has 0 saturated heterocycles. The molecule has 1 heteroatoms. The summed E-state index contributed by atoms with van der Waals surface area (Å²) in [5.74, 6) is 0.769. The van der Waals surface area contributed by atoms with Crippen molar-refractivity contribution in [3.63, 3.8) is 0 Å². The maximum Gasteiger partial charge on any atom is 0.132 e. The Morgan fingerprint density at radius 2 is 1.18 bits per heavy atom. The van der Waals surface area contributed by atoms with Crippen molar-refractivity contribution in [2.24, 2.45) is 5.92 Å². The van der Waals surface area contributed by atoms with Crippen molar-refractivity contribution in [3.05, 3.63) is 0 Å². The largest absolute Gasteiger partial charge is 0.300 e. The first kappa shape index (κ1) is 16.7. The van der Waals surface area contributed by atoms with Gasteiger partial charge in [0.2, 0.25) is 0 Å². The molecule has 0 aliphatic heterocycles. The van der Waals surface area contributed by atoms with E-state index in [1.165, 1.54) is 57.8 Å². The van der Waals surface area contributed by atoms with Crippen molar-refractivity contribution in [2.45, 2.75) is 91.4 Å². The predicted molar refractivity (Wildman–Crippen MR) is 76.3 cm³/mol. The van der Waals surface area contributed by atoms with Crippen LogP contribution in [0, 0.1) is 5.92 Å². The third kappa shape index (κ3) is 10.5. The van der Waals surface area contributed by atoms with Gasteiger partial charge in [0, 0.05) is 5.92 Å². The first-order valence-electron chi connectivity index (χ1n) is 7.72. The summed E-state index contributed by atoms with van der Waals surface area (Å²) in [5, 5.41) is 0. The van der Waals surface area contributed by atoms with Crippen molar-refractivity contribution in [2.75, 3.05) is 0 Å². The molecule has 0 fully saturated rings. The number of hydrogen-bond acceptors (Lipinski definition) is 1. The summed E-state index contributed by atoms with van der Waals surface area (Å²) in [6.07, 6.45) is 14.0. The molecule has 1 atom stereocenters. The van der Waals surface area contributed by atoms with Crippen LogP contribution in [0.25, 0.3) is 0 Å². The fourth-order valence-electron chi connectivity index (χ4n) is 2.36. The monoisotopic (exact) mass is 240 g/mol. The van der Waals surface area contributed by atoms with Crippen LogP contribution >= 0.6 is 0 Å². The Bertz CT molecular complexity index is 174. The number of hydrogen-bond donors (Lipinski definition) is 0. The first-order valence-corrected chi connectivity index (χ1v) is 7.72. The molecule has 0 aromatic heterocycles. The highest BCUT2D eigenvalue weighted by Crippen LogP contribution is 2.19. The molecule has 0 aromatic rings. The average molecular weight is 240 g/mol. The molecule has 1 unspecified atom stereocenters. The number of ketones is 1. The Morgan fingerprint density at radius 3 is 1.59 bits per heavy atom. The molecule has 0 amide bonds. The van der Waals surface area contributed by atoms with E-state index in [0.29, 0.717) is 11.7 Å². The van der Waals surface area contributed by atoms with E-state index in [9.17, 15) is 4.79 Å². The van der Waals surface area contributed by atoms with Crippen molar-refractivity contribution in [3.8, 4) is 0 Å². The van der Waals surface area contributed by atoms with Gasteiger partial charge in [-0.1, -0.05) is 71.6 Å². The number of rotatable bonds is 12. The molecular formula is C16H32O. The zero-order valence-electron chi connectivity index (χ0n) is 12.3. The number of carbonyl (C=O) groups is 1. The van der Waals surface area contributed by atoms with Crippen molar-refractivity contribution < 1.29 is 4.79 Å². The molecule has 0 rings (SSSR count). The molecule has 0 saturated carbocycles. The summed E-state index contributed by atoms with van der Waals surface area (Å²) < 4.78 is 0. The van der Waals surface area contributed by atoms with Crippen molar-refractivity contribution in [1.29, 1.82) is 0 Å². The minimum atomic E-state index is 0.355. The van der Waals surface area contributed by atoms with Crippen LogP contribution in [-0.2, 0) is 4.79 Å². The van der Waals surface area contributed by atoms with Gasteiger partial charge in [0.15, 0.2) is 0 Å². The molecule has 102 valence electrons. The predicted octanol–water partition coefficient (Wildman–Crippen LogP) is 5.52. The molecule has 0 N–H and O–H groups in total. The normalized spacial score (nSPS) is 12.6. The van der Waals surface area contributed by atoms with Crippen molar-refractivity contribution >= 4 is 5.78 Å². The van der Waals surface area contributed by atoms with Gasteiger partial charge in [-0.2, -0.15) is 0 Å². The van der Waals surface area contributed by atoms with E-state index in [1.54, 1.807) is 6.92 Å². The van der Waals surface area contributed by atoms with Gasteiger partial charge < -0.3 is 0 Å². The molecule has 17 heavy (non-hydrogen) atoms. The summed E-state index contributed by atoms with van der Waals surface area (Å²) >= 11 is 0. The maximum absolute atomic E-state index is 11.5. The van der Waals surface area contributed by atoms with Crippen LogP contribution in [0.3, 0.4) is 0 Å². The van der Waals surface area contributed by atoms with E-state index in [0.717, 1.165) is 12.8 Å². The Balaban J connectivity index is 3.57. The molecule has 0 aromatic carbocycles. The Morgan fingerprint density at radius 1 is 0.765 bits per heavy atom. The smallest absolute Gasteiger partial charge is 0.132 e. The Kier molecular flexibility index (Phi) is 11.9. The fourth-order valence-corrected chi connectivity index (χ4v) is 2.36. The highest BCUT2D eigenvalue weighted by Gasteiger charge is 2.12. The summed E-state index contributed by atoms with van der Waals surface area (Å²) in [5.41, 5.74) is 0. The second kappa shape index (κ2) is 12.1. The molecule has 1 nitrogen and oxygen atoms in total. The summed E-state index contributed by atoms with van der Waals surface area (Å²) in [6, 6.07) is 0. The third-order valence-corrected chi connectivity index (χ3v) is 3.64. The summed E-state index contributed by atoms with van der Waals surface area (Å²) in [7, 11) is 0. The molecule has 0 bridgehead atoms. The number of Topliss-reactive ketones (excluding diaryl/α,β-unsaturated/α-hetero) is 1. The number of carbonyl (C=O) groups excluding carboxylic acids is 1. The molecule has 0 spiro atoms. The average Bonchev–Trinajstić information content (AvgIpc) is 2.31. The zero-order valence-corrected chi connectivity index (χ0v) is 12.3. The quantitative estimate of drug-likeness (QED) is 0.410. The topological polar surface area (TPSA) is 17.1 Å². The van der Waals surface area contributed by atoms with Gasteiger partial charge in [0.05, 0.1) is 0 Å². The molecule has 0 radical (unpaired) electrons. The van der Waals surface area contributed by atoms with E-state index < -0.39 is 0 Å². The van der Waals surface area contributed by atoms with E-state index in [4.69, 9.17) is 0 Å². The molecule has 0 aliphatic rings. The van der Waals surface area contributed by atoms with Crippen LogP contribution in [0.5, 0.6) is 0 Å². The van der Waals surface area contributed by atoms with Gasteiger partial charge in [-0.3, -0.25) is 4.79 Å². The van der Waals surface area contributed by atoms with Crippen LogP contribution in [0.1, 0.15) is 91.4 Å². The Hall–Kier alpha value is -0.330. The van der Waals surface area contributed by atoms with E-state index in [2.05, 4.69) is 13.8 Å². The highest BCUT2D eigenvalue weighted by molar-refractivity contribution is 5.78. The molecule has 0 heterocycles. The Labute approximate surface area is 108 Å². The second-order valence-electron chi connectivity index (χ2n) is 5.36. The lowest BCUT2D eigenvalue weighted by Crippen LogP contribution is -2.10. The van der Waals surface area contributed by atoms with Crippen LogP contribution in [0.4, 0.5) is 0 Å². The van der Waals surface area contributed by atoms with Crippen LogP contribution in [0.2, 0.25) is 0 Å². The molecular weight excluding hydrogens is 208 g/mol. The van der Waals surface area contributed by atoms with Crippen LogP contribution < -0.4 is 0 Å². The van der Waals surface area contributed by atoms with Crippen molar-refractivity contribution in [1.82, 2.24) is 0 Å². The van der Waals surface area contributed by atoms with Crippen LogP contribution in [-0.4, -0.2) is 5.78 Å². The first-order chi connectivity index (χ1) is 8.22. The SMILES string of the molecule is CCCCCCCC(CCCCCC)C(C)=O. The maximum atomic E-state index is 11.5. The lowest BCUT2D eigenvalue weighted by molar-refractivity contribution is -0.121.